The molecule has 11 aromatic rings. The number of nitrogens with zero attached hydrogens (tertiary/aromatic N) is 3. The third kappa shape index (κ3) is 4.60. The molecule has 0 aliphatic rings. The Morgan fingerprint density at radius 3 is 1.71 bits per heavy atom. The molecule has 11 rings (SSSR count). The molecule has 5 nitrogen and oxygen atoms in total. The van der Waals surface area contributed by atoms with Crippen molar-refractivity contribution in [3.05, 3.63) is 164 Å². The van der Waals surface area contributed by atoms with Gasteiger partial charge in [-0.25, -0.2) is 15.0 Å². The normalized spacial score (nSPS) is 11.8. The summed E-state index contributed by atoms with van der Waals surface area (Å²) in [5.74, 6) is 1.74. The molecule has 0 atom stereocenters. The van der Waals surface area contributed by atoms with E-state index in [0.717, 1.165) is 87.9 Å². The number of furan rings is 2. The zero-order chi connectivity index (χ0) is 34.2. The molecule has 0 radical (unpaired) electrons. The molecule has 0 fully saturated rings. The van der Waals surface area contributed by atoms with Crippen LogP contribution in [-0.4, -0.2) is 15.0 Å². The second-order valence-electron chi connectivity index (χ2n) is 13.2. The Bertz CT molecular complexity index is 3190. The van der Waals surface area contributed by atoms with E-state index in [9.17, 15) is 0 Å². The topological polar surface area (TPSA) is 65.0 Å². The monoisotopic (exact) mass is 665 g/mol. The highest BCUT2D eigenvalue weighted by Gasteiger charge is 2.20. The number of hydrogen-bond acceptors (Lipinski definition) is 5. The Morgan fingerprint density at radius 1 is 0.308 bits per heavy atom. The van der Waals surface area contributed by atoms with Crippen LogP contribution in [0.3, 0.4) is 0 Å². The molecule has 0 saturated carbocycles. The van der Waals surface area contributed by atoms with E-state index in [1.807, 2.05) is 36.4 Å². The summed E-state index contributed by atoms with van der Waals surface area (Å²) < 4.78 is 12.8. The van der Waals surface area contributed by atoms with E-state index in [1.54, 1.807) is 0 Å². The number of benzene rings is 8. The van der Waals surface area contributed by atoms with E-state index in [4.69, 9.17) is 23.8 Å². The number of hydrogen-bond donors (Lipinski definition) is 0. The van der Waals surface area contributed by atoms with Gasteiger partial charge in [0.15, 0.2) is 17.5 Å². The van der Waals surface area contributed by atoms with Crippen molar-refractivity contribution < 1.29 is 8.83 Å². The smallest absolute Gasteiger partial charge is 0.164 e. The summed E-state index contributed by atoms with van der Waals surface area (Å²) in [7, 11) is 0. The summed E-state index contributed by atoms with van der Waals surface area (Å²) in [4.78, 5) is 15.5. The van der Waals surface area contributed by atoms with Gasteiger partial charge in [-0.05, 0) is 87.3 Å². The van der Waals surface area contributed by atoms with Crippen molar-refractivity contribution in [2.45, 2.75) is 0 Å². The maximum absolute atomic E-state index is 6.66. The summed E-state index contributed by atoms with van der Waals surface area (Å²) in [6.45, 7) is 0. The molecule has 5 heteroatoms. The van der Waals surface area contributed by atoms with Crippen LogP contribution in [0.15, 0.2) is 173 Å². The largest absolute Gasteiger partial charge is 0.456 e. The first kappa shape index (κ1) is 28.7. The van der Waals surface area contributed by atoms with Crippen LogP contribution in [0, 0.1) is 0 Å². The predicted molar refractivity (Wildman–Crippen MR) is 211 cm³/mol. The van der Waals surface area contributed by atoms with Crippen molar-refractivity contribution >= 4 is 65.4 Å². The van der Waals surface area contributed by atoms with Gasteiger partial charge < -0.3 is 8.83 Å². The van der Waals surface area contributed by atoms with Gasteiger partial charge in [0.2, 0.25) is 0 Å². The zero-order valence-corrected chi connectivity index (χ0v) is 27.7. The number of para-hydroxylation sites is 1. The fourth-order valence-electron chi connectivity index (χ4n) is 7.52. The highest BCUT2D eigenvalue weighted by Crippen LogP contribution is 2.41. The van der Waals surface area contributed by atoms with Crippen LogP contribution < -0.4 is 0 Å². The van der Waals surface area contributed by atoms with E-state index in [-0.39, 0.29) is 0 Å². The van der Waals surface area contributed by atoms with Crippen LogP contribution in [0.25, 0.3) is 111 Å². The summed E-state index contributed by atoms with van der Waals surface area (Å²) in [5, 5.41) is 8.81. The first-order valence-electron chi connectivity index (χ1n) is 17.3. The maximum atomic E-state index is 6.66. The molecule has 52 heavy (non-hydrogen) atoms. The van der Waals surface area contributed by atoms with Crippen molar-refractivity contribution in [3.8, 4) is 45.3 Å². The lowest BCUT2D eigenvalue weighted by atomic mass is 9.96. The molecule has 3 aromatic heterocycles. The lowest BCUT2D eigenvalue weighted by Crippen LogP contribution is -2.00. The minimum absolute atomic E-state index is 0.565. The third-order valence-electron chi connectivity index (χ3n) is 10.1. The highest BCUT2D eigenvalue weighted by atomic mass is 16.3. The standard InChI is InChI=1S/C47H27N3O2/c1-2-11-29(12-3-1)37-25-35(27-43-44(37)39-23-31-14-6-7-15-32(31)26-42(39)52-43)47-49-45(33-19-18-28-10-4-5-13-30(28)22-33)48-46(50-47)34-20-21-41-38(24-34)36-16-8-9-17-40(36)51-41/h1-27H. The Labute approximate surface area is 297 Å². The molecular weight excluding hydrogens is 639 g/mol. The Morgan fingerprint density at radius 2 is 0.904 bits per heavy atom. The number of rotatable bonds is 4. The van der Waals surface area contributed by atoms with Crippen molar-refractivity contribution in [2.75, 3.05) is 0 Å². The lowest BCUT2D eigenvalue weighted by Gasteiger charge is -2.11. The summed E-state index contributed by atoms with van der Waals surface area (Å²) >= 11 is 0. The zero-order valence-electron chi connectivity index (χ0n) is 27.7. The van der Waals surface area contributed by atoms with Crippen LogP contribution in [0.1, 0.15) is 0 Å². The van der Waals surface area contributed by atoms with Gasteiger partial charge in [-0.1, -0.05) is 109 Å². The number of aromatic nitrogens is 3. The molecule has 0 aliphatic carbocycles. The molecule has 0 aliphatic heterocycles. The van der Waals surface area contributed by atoms with E-state index in [0.29, 0.717) is 17.5 Å². The molecular formula is C47H27N3O2. The van der Waals surface area contributed by atoms with Gasteiger partial charge in [0.05, 0.1) is 0 Å². The van der Waals surface area contributed by atoms with Gasteiger partial charge in [0, 0.05) is 38.2 Å². The van der Waals surface area contributed by atoms with Crippen molar-refractivity contribution in [2.24, 2.45) is 0 Å². The first-order chi connectivity index (χ1) is 25.7. The van der Waals surface area contributed by atoms with E-state index >= 15 is 0 Å². The van der Waals surface area contributed by atoms with Crippen LogP contribution in [0.4, 0.5) is 0 Å². The van der Waals surface area contributed by atoms with Crippen LogP contribution in [0.5, 0.6) is 0 Å². The van der Waals surface area contributed by atoms with E-state index < -0.39 is 0 Å². The molecule has 0 amide bonds. The SMILES string of the molecule is c1ccc(-c2cc(-c3nc(-c4ccc5ccccc5c4)nc(-c4ccc5oc6ccccc6c5c4)n3)cc3oc4cc5ccccc5cc4c23)cc1. The molecule has 0 saturated heterocycles. The number of fused-ring (bicyclic) bond motifs is 8. The van der Waals surface area contributed by atoms with Gasteiger partial charge in [-0.2, -0.15) is 0 Å². The lowest BCUT2D eigenvalue weighted by molar-refractivity contribution is 0.669. The fraction of sp³-hybridized carbons (Fsp3) is 0. The van der Waals surface area contributed by atoms with E-state index in [1.165, 1.54) is 5.39 Å². The summed E-state index contributed by atoms with van der Waals surface area (Å²) in [6.07, 6.45) is 0. The fourth-order valence-corrected chi connectivity index (χ4v) is 7.52. The maximum Gasteiger partial charge on any atom is 0.164 e. The van der Waals surface area contributed by atoms with E-state index in [2.05, 4.69) is 127 Å². The van der Waals surface area contributed by atoms with Crippen molar-refractivity contribution in [1.82, 2.24) is 15.0 Å². The average Bonchev–Trinajstić information content (AvgIpc) is 3.77. The second kappa shape index (κ2) is 11.2. The van der Waals surface area contributed by atoms with Gasteiger partial charge >= 0.3 is 0 Å². The minimum Gasteiger partial charge on any atom is -0.456 e. The Kier molecular flexibility index (Phi) is 6.18. The molecule has 3 heterocycles. The van der Waals surface area contributed by atoms with Gasteiger partial charge in [0.25, 0.3) is 0 Å². The summed E-state index contributed by atoms with van der Waals surface area (Å²) in [5.41, 5.74) is 8.08. The minimum atomic E-state index is 0.565. The third-order valence-corrected chi connectivity index (χ3v) is 10.1. The molecule has 0 N–H and O–H groups in total. The summed E-state index contributed by atoms with van der Waals surface area (Å²) in [6, 6.07) is 56.4. The van der Waals surface area contributed by atoms with Gasteiger partial charge in [0.1, 0.15) is 22.3 Å². The van der Waals surface area contributed by atoms with Crippen LogP contribution in [-0.2, 0) is 0 Å². The first-order valence-corrected chi connectivity index (χ1v) is 17.3. The quantitative estimate of drug-likeness (QED) is 0.187. The van der Waals surface area contributed by atoms with Crippen LogP contribution in [0.2, 0.25) is 0 Å². The Hall–Kier alpha value is -7.11. The molecule has 8 aromatic carbocycles. The Balaban J connectivity index is 1.18. The predicted octanol–water partition coefficient (Wildman–Crippen LogP) is 12.6. The van der Waals surface area contributed by atoms with Gasteiger partial charge in [-0.3, -0.25) is 0 Å². The van der Waals surface area contributed by atoms with Crippen LogP contribution >= 0.6 is 0 Å². The van der Waals surface area contributed by atoms with Crippen molar-refractivity contribution in [3.63, 3.8) is 0 Å². The second-order valence-corrected chi connectivity index (χ2v) is 13.2. The molecule has 242 valence electrons. The molecule has 0 unspecified atom stereocenters. The van der Waals surface area contributed by atoms with Gasteiger partial charge in [-0.15, -0.1) is 0 Å². The molecule has 0 spiro atoms. The van der Waals surface area contributed by atoms with Crippen molar-refractivity contribution in [1.29, 1.82) is 0 Å². The average molecular weight is 666 g/mol. The highest BCUT2D eigenvalue weighted by molar-refractivity contribution is 6.16. The molecule has 0 bridgehead atoms.